The smallest absolute Gasteiger partial charge is 0.211 e. The van der Waals surface area contributed by atoms with Crippen molar-refractivity contribution in [2.45, 2.75) is 18.9 Å². The van der Waals surface area contributed by atoms with Crippen molar-refractivity contribution >= 4 is 5.78 Å². The average Bonchev–Trinajstić information content (AvgIpc) is 3.15. The van der Waals surface area contributed by atoms with Gasteiger partial charge in [-0.1, -0.05) is 23.4 Å². The molecule has 0 amide bonds. The first-order valence-corrected chi connectivity index (χ1v) is 5.96. The SMILES string of the molecule is O=C(c1cnnn1-c1ccccc1)C(O)C1CC1. The molecule has 1 aromatic carbocycles. The number of aliphatic hydroxyl groups excluding tert-OH is 1. The molecule has 3 rings (SSSR count). The van der Waals surface area contributed by atoms with Crippen molar-refractivity contribution in [2.24, 2.45) is 5.92 Å². The molecular weight excluding hydrogens is 230 g/mol. The summed E-state index contributed by atoms with van der Waals surface area (Å²) in [5.41, 5.74) is 1.10. The standard InChI is InChI=1S/C13H13N3O2/c17-12(9-6-7-9)13(18)11-8-14-15-16(11)10-4-2-1-3-5-10/h1-5,8-9,12,17H,6-7H2. The Bertz CT molecular complexity index is 561. The number of ketones is 1. The quantitative estimate of drug-likeness (QED) is 0.820. The summed E-state index contributed by atoms with van der Waals surface area (Å²) >= 11 is 0. The zero-order valence-corrected chi connectivity index (χ0v) is 9.73. The highest BCUT2D eigenvalue weighted by Crippen LogP contribution is 2.34. The Hall–Kier alpha value is -2.01. The number of Topliss-reactive ketones (excluding diaryl/α,β-unsaturated/α-hetero) is 1. The number of hydrogen-bond acceptors (Lipinski definition) is 4. The molecule has 1 atom stereocenters. The van der Waals surface area contributed by atoms with Gasteiger partial charge in [0.05, 0.1) is 11.9 Å². The molecular formula is C13H13N3O2. The number of carbonyl (C=O) groups is 1. The summed E-state index contributed by atoms with van der Waals surface area (Å²) in [5.74, 6) is -0.192. The summed E-state index contributed by atoms with van der Waals surface area (Å²) in [6.45, 7) is 0. The number of carbonyl (C=O) groups excluding carboxylic acids is 1. The van der Waals surface area contributed by atoms with E-state index in [0.717, 1.165) is 18.5 Å². The summed E-state index contributed by atoms with van der Waals surface area (Å²) < 4.78 is 1.47. The highest BCUT2D eigenvalue weighted by molar-refractivity contribution is 5.98. The summed E-state index contributed by atoms with van der Waals surface area (Å²) in [6.07, 6.45) is 2.31. The molecule has 0 radical (unpaired) electrons. The number of rotatable bonds is 4. The van der Waals surface area contributed by atoms with Crippen LogP contribution in [0.2, 0.25) is 0 Å². The molecule has 1 heterocycles. The molecule has 0 spiro atoms. The summed E-state index contributed by atoms with van der Waals surface area (Å²) in [7, 11) is 0. The Labute approximate surface area is 104 Å². The van der Waals surface area contributed by atoms with Crippen LogP contribution < -0.4 is 0 Å². The maximum atomic E-state index is 12.1. The third-order valence-corrected chi connectivity index (χ3v) is 3.14. The first kappa shape index (κ1) is 11.1. The van der Waals surface area contributed by atoms with E-state index in [0.29, 0.717) is 5.69 Å². The second-order valence-corrected chi connectivity index (χ2v) is 4.51. The van der Waals surface area contributed by atoms with Crippen molar-refractivity contribution in [3.8, 4) is 5.69 Å². The lowest BCUT2D eigenvalue weighted by Crippen LogP contribution is -2.25. The van der Waals surface area contributed by atoms with E-state index >= 15 is 0 Å². The molecule has 1 aromatic heterocycles. The largest absolute Gasteiger partial charge is 0.385 e. The number of aromatic nitrogens is 3. The molecule has 5 heteroatoms. The minimum atomic E-state index is -0.925. The zero-order valence-electron chi connectivity index (χ0n) is 9.73. The third-order valence-electron chi connectivity index (χ3n) is 3.14. The lowest BCUT2D eigenvalue weighted by molar-refractivity contribution is 0.0695. The van der Waals surface area contributed by atoms with E-state index in [1.165, 1.54) is 10.9 Å². The molecule has 1 fully saturated rings. The van der Waals surface area contributed by atoms with Gasteiger partial charge in [0.2, 0.25) is 5.78 Å². The van der Waals surface area contributed by atoms with Gasteiger partial charge in [0, 0.05) is 0 Å². The van der Waals surface area contributed by atoms with Gasteiger partial charge in [0.1, 0.15) is 11.8 Å². The predicted molar refractivity (Wildman–Crippen MR) is 64.4 cm³/mol. The summed E-state index contributed by atoms with van der Waals surface area (Å²) in [4.78, 5) is 12.1. The van der Waals surface area contributed by atoms with Crippen LogP contribution in [0.3, 0.4) is 0 Å². The monoisotopic (exact) mass is 243 g/mol. The Morgan fingerprint density at radius 1 is 1.33 bits per heavy atom. The lowest BCUT2D eigenvalue weighted by atomic mass is 10.1. The van der Waals surface area contributed by atoms with E-state index in [2.05, 4.69) is 10.3 Å². The van der Waals surface area contributed by atoms with E-state index in [9.17, 15) is 9.90 Å². The van der Waals surface area contributed by atoms with Crippen molar-refractivity contribution < 1.29 is 9.90 Å². The van der Waals surface area contributed by atoms with Crippen molar-refractivity contribution in [1.29, 1.82) is 0 Å². The maximum Gasteiger partial charge on any atom is 0.211 e. The summed E-state index contributed by atoms with van der Waals surface area (Å²) in [6, 6.07) is 9.30. The fourth-order valence-corrected chi connectivity index (χ4v) is 1.94. The van der Waals surface area contributed by atoms with Crippen molar-refractivity contribution in [3.05, 3.63) is 42.2 Å². The van der Waals surface area contributed by atoms with Crippen LogP contribution in [0.1, 0.15) is 23.3 Å². The Morgan fingerprint density at radius 2 is 2.06 bits per heavy atom. The first-order chi connectivity index (χ1) is 8.77. The second kappa shape index (κ2) is 4.34. The Morgan fingerprint density at radius 3 is 2.72 bits per heavy atom. The van der Waals surface area contributed by atoms with Crippen LogP contribution in [-0.2, 0) is 0 Å². The highest BCUT2D eigenvalue weighted by atomic mass is 16.3. The van der Waals surface area contributed by atoms with Gasteiger partial charge in [-0.25, -0.2) is 4.68 Å². The topological polar surface area (TPSA) is 68.0 Å². The predicted octanol–water partition coefficient (Wildman–Crippen LogP) is 1.22. The zero-order chi connectivity index (χ0) is 12.5. The van der Waals surface area contributed by atoms with Gasteiger partial charge in [0.15, 0.2) is 0 Å². The lowest BCUT2D eigenvalue weighted by Gasteiger charge is -2.09. The third kappa shape index (κ3) is 1.93. The minimum Gasteiger partial charge on any atom is -0.385 e. The van der Waals surface area contributed by atoms with E-state index in [1.807, 2.05) is 30.3 Å². The van der Waals surface area contributed by atoms with Gasteiger partial charge in [-0.05, 0) is 30.9 Å². The van der Waals surface area contributed by atoms with Crippen LogP contribution in [0, 0.1) is 5.92 Å². The number of para-hydroxylation sites is 1. The van der Waals surface area contributed by atoms with Crippen LogP contribution >= 0.6 is 0 Å². The molecule has 0 saturated heterocycles. The Kier molecular flexibility index (Phi) is 2.68. The number of nitrogens with zero attached hydrogens (tertiary/aromatic N) is 3. The van der Waals surface area contributed by atoms with E-state index < -0.39 is 6.10 Å². The van der Waals surface area contributed by atoms with Crippen molar-refractivity contribution in [1.82, 2.24) is 15.0 Å². The maximum absolute atomic E-state index is 12.1. The molecule has 1 aliphatic carbocycles. The van der Waals surface area contributed by atoms with Crippen LogP contribution in [0.5, 0.6) is 0 Å². The van der Waals surface area contributed by atoms with Crippen LogP contribution in [0.4, 0.5) is 0 Å². The van der Waals surface area contributed by atoms with Crippen molar-refractivity contribution in [2.75, 3.05) is 0 Å². The second-order valence-electron chi connectivity index (χ2n) is 4.51. The molecule has 92 valence electrons. The number of benzene rings is 1. The van der Waals surface area contributed by atoms with Crippen LogP contribution in [0.25, 0.3) is 5.69 Å². The normalized spacial score (nSPS) is 16.5. The van der Waals surface area contributed by atoms with E-state index in [4.69, 9.17) is 0 Å². The molecule has 1 N–H and O–H groups in total. The molecule has 1 saturated carbocycles. The highest BCUT2D eigenvalue weighted by Gasteiger charge is 2.36. The molecule has 0 aliphatic heterocycles. The van der Waals surface area contributed by atoms with E-state index in [-0.39, 0.29) is 11.7 Å². The number of hydrogen-bond donors (Lipinski definition) is 1. The van der Waals surface area contributed by atoms with Gasteiger partial charge >= 0.3 is 0 Å². The molecule has 1 aliphatic rings. The fraction of sp³-hybridized carbons (Fsp3) is 0.308. The molecule has 18 heavy (non-hydrogen) atoms. The van der Waals surface area contributed by atoms with Gasteiger partial charge in [0.25, 0.3) is 0 Å². The first-order valence-electron chi connectivity index (χ1n) is 5.96. The van der Waals surface area contributed by atoms with E-state index in [1.54, 1.807) is 0 Å². The minimum absolute atomic E-state index is 0.108. The van der Waals surface area contributed by atoms with Gasteiger partial charge in [-0.2, -0.15) is 0 Å². The van der Waals surface area contributed by atoms with Gasteiger partial charge in [-0.15, -0.1) is 5.10 Å². The van der Waals surface area contributed by atoms with Gasteiger partial charge < -0.3 is 5.11 Å². The molecule has 0 bridgehead atoms. The fourth-order valence-electron chi connectivity index (χ4n) is 1.94. The van der Waals surface area contributed by atoms with Crippen molar-refractivity contribution in [3.63, 3.8) is 0 Å². The van der Waals surface area contributed by atoms with Gasteiger partial charge in [-0.3, -0.25) is 4.79 Å². The molecule has 1 unspecified atom stereocenters. The number of aliphatic hydroxyl groups is 1. The van der Waals surface area contributed by atoms with Crippen LogP contribution in [-0.4, -0.2) is 32.0 Å². The molecule has 2 aromatic rings. The Balaban J connectivity index is 1.94. The average molecular weight is 243 g/mol. The molecule has 5 nitrogen and oxygen atoms in total. The van der Waals surface area contributed by atoms with Crippen LogP contribution in [0.15, 0.2) is 36.5 Å². The summed E-state index contributed by atoms with van der Waals surface area (Å²) in [5, 5.41) is 17.5.